The molecule has 1 aromatic heterocycles. The number of hydrogen-bond donors (Lipinski definition) is 1. The van der Waals surface area contributed by atoms with Gasteiger partial charge in [0.15, 0.2) is 12.7 Å². The summed E-state index contributed by atoms with van der Waals surface area (Å²) in [6.45, 7) is 1.22. The first-order chi connectivity index (χ1) is 6.88. The van der Waals surface area contributed by atoms with Gasteiger partial charge in [0, 0.05) is 12.0 Å². The average Bonchev–Trinajstić information content (AvgIpc) is 2.72. The smallest absolute Gasteiger partial charge is 0.224 e. The Bertz CT molecular complexity index is 250. The number of thiazole rings is 1. The molecule has 0 radical (unpaired) electrons. The van der Waals surface area contributed by atoms with Crippen LogP contribution in [0.4, 0.5) is 0 Å². The van der Waals surface area contributed by atoms with Crippen molar-refractivity contribution in [3.05, 3.63) is 17.1 Å². The van der Waals surface area contributed by atoms with E-state index in [2.05, 4.69) is 34.0 Å². The summed E-state index contributed by atoms with van der Waals surface area (Å²) >= 11 is 1.78. The van der Waals surface area contributed by atoms with Crippen molar-refractivity contribution in [3.63, 3.8) is 0 Å². The molecule has 1 aliphatic carbocycles. The van der Waals surface area contributed by atoms with E-state index in [1.54, 1.807) is 11.3 Å². The predicted molar refractivity (Wildman–Crippen MR) is 59.3 cm³/mol. The molecule has 1 N–H and O–H groups in total. The van der Waals surface area contributed by atoms with E-state index >= 15 is 0 Å². The Balaban J connectivity index is 1.79. The molecule has 0 saturated heterocycles. The molecule has 0 aliphatic heterocycles. The molecule has 0 bridgehead atoms. The molecule has 2 nitrogen and oxygen atoms in total. The van der Waals surface area contributed by atoms with Crippen LogP contribution in [0.25, 0.3) is 0 Å². The van der Waals surface area contributed by atoms with Gasteiger partial charge >= 0.3 is 0 Å². The van der Waals surface area contributed by atoms with Gasteiger partial charge in [-0.05, 0) is 32.7 Å². The van der Waals surface area contributed by atoms with Gasteiger partial charge in [-0.1, -0.05) is 11.3 Å². The first-order valence-electron chi connectivity index (χ1n) is 5.47. The second-order valence-corrected chi connectivity index (χ2v) is 4.98. The van der Waals surface area contributed by atoms with E-state index in [4.69, 9.17) is 0 Å². The molecule has 0 unspecified atom stereocenters. The Morgan fingerprint density at radius 3 is 2.71 bits per heavy atom. The quantitative estimate of drug-likeness (QED) is 0.754. The Labute approximate surface area is 90.0 Å². The van der Waals surface area contributed by atoms with E-state index in [0.717, 1.165) is 12.0 Å². The molecule has 0 aromatic carbocycles. The van der Waals surface area contributed by atoms with E-state index in [1.807, 2.05) is 0 Å². The zero-order chi connectivity index (χ0) is 9.80. The summed E-state index contributed by atoms with van der Waals surface area (Å²) in [5.74, 6) is 0.902. The topological polar surface area (TPSA) is 15.9 Å². The van der Waals surface area contributed by atoms with Crippen LogP contribution in [0.15, 0.2) is 17.1 Å². The zero-order valence-electron chi connectivity index (χ0n) is 8.78. The van der Waals surface area contributed by atoms with E-state index < -0.39 is 0 Å². The van der Waals surface area contributed by atoms with Gasteiger partial charge in [-0.25, -0.2) is 0 Å². The van der Waals surface area contributed by atoms with Crippen LogP contribution in [0, 0.1) is 5.92 Å². The minimum atomic E-state index is 0.777. The Hall–Kier alpha value is -0.410. The lowest BCUT2D eigenvalue weighted by atomic mass is 9.86. The summed E-state index contributed by atoms with van der Waals surface area (Å²) in [6, 6.07) is 0.777. The highest BCUT2D eigenvalue weighted by atomic mass is 32.1. The third-order valence-corrected chi connectivity index (χ3v) is 3.92. The standard InChI is InChI=1S/C11H19N2S/c1-12-11-4-2-10(3-5-11)8-13-6-7-14-9-13/h6-7,9-12H,2-5,8H2,1H3/q+1. The first kappa shape index (κ1) is 10.1. The van der Waals surface area contributed by atoms with Crippen molar-refractivity contribution in [1.82, 2.24) is 5.32 Å². The van der Waals surface area contributed by atoms with Gasteiger partial charge in [0.2, 0.25) is 5.51 Å². The number of hydrogen-bond acceptors (Lipinski definition) is 2. The normalized spacial score (nSPS) is 27.8. The molecule has 1 heterocycles. The Morgan fingerprint density at radius 2 is 2.14 bits per heavy atom. The van der Waals surface area contributed by atoms with Gasteiger partial charge in [-0.2, -0.15) is 4.57 Å². The minimum Gasteiger partial charge on any atom is -0.317 e. The molecule has 78 valence electrons. The third kappa shape index (κ3) is 2.55. The molecular weight excluding hydrogens is 192 g/mol. The highest BCUT2D eigenvalue weighted by molar-refractivity contribution is 7.07. The molecular formula is C11H19N2S+. The van der Waals surface area contributed by atoms with Gasteiger partial charge in [-0.3, -0.25) is 0 Å². The lowest BCUT2D eigenvalue weighted by Crippen LogP contribution is -2.38. The minimum absolute atomic E-state index is 0.777. The fourth-order valence-corrected chi connectivity index (χ4v) is 2.91. The maximum atomic E-state index is 3.38. The van der Waals surface area contributed by atoms with Crippen molar-refractivity contribution < 1.29 is 4.57 Å². The first-order valence-corrected chi connectivity index (χ1v) is 6.41. The number of nitrogens with one attached hydrogen (secondary N) is 1. The molecule has 3 heteroatoms. The third-order valence-electron chi connectivity index (χ3n) is 3.25. The van der Waals surface area contributed by atoms with Crippen LogP contribution in [0.3, 0.4) is 0 Å². The SMILES string of the molecule is CNC1CCC(C[n+]2ccsc2)CC1. The van der Waals surface area contributed by atoms with Gasteiger partial charge in [-0.15, -0.1) is 0 Å². The Kier molecular flexibility index (Phi) is 3.54. The lowest BCUT2D eigenvalue weighted by Gasteiger charge is -2.26. The zero-order valence-corrected chi connectivity index (χ0v) is 9.59. The van der Waals surface area contributed by atoms with Crippen LogP contribution in [0.1, 0.15) is 25.7 Å². The highest BCUT2D eigenvalue weighted by Crippen LogP contribution is 2.24. The summed E-state index contributed by atoms with van der Waals surface area (Å²) in [5, 5.41) is 5.53. The van der Waals surface area contributed by atoms with Crippen molar-refractivity contribution in [2.45, 2.75) is 38.3 Å². The molecule has 0 atom stereocenters. The van der Waals surface area contributed by atoms with E-state index in [-0.39, 0.29) is 0 Å². The summed E-state index contributed by atoms with van der Waals surface area (Å²) in [6.07, 6.45) is 7.66. The summed E-state index contributed by atoms with van der Waals surface area (Å²) < 4.78 is 2.33. The van der Waals surface area contributed by atoms with E-state index in [0.29, 0.717) is 0 Å². The van der Waals surface area contributed by atoms with Gasteiger partial charge < -0.3 is 5.32 Å². The van der Waals surface area contributed by atoms with Crippen molar-refractivity contribution >= 4 is 11.3 Å². The monoisotopic (exact) mass is 211 g/mol. The van der Waals surface area contributed by atoms with E-state index in [9.17, 15) is 0 Å². The fraction of sp³-hybridized carbons (Fsp3) is 0.727. The van der Waals surface area contributed by atoms with Gasteiger partial charge in [0.1, 0.15) is 0 Å². The van der Waals surface area contributed by atoms with Crippen molar-refractivity contribution in [3.8, 4) is 0 Å². The largest absolute Gasteiger partial charge is 0.317 e. The van der Waals surface area contributed by atoms with Crippen LogP contribution in [-0.4, -0.2) is 13.1 Å². The van der Waals surface area contributed by atoms with Crippen LogP contribution in [0.5, 0.6) is 0 Å². The number of rotatable bonds is 3. The van der Waals surface area contributed by atoms with Crippen molar-refractivity contribution in [2.75, 3.05) is 7.05 Å². The van der Waals surface area contributed by atoms with Crippen LogP contribution in [0.2, 0.25) is 0 Å². The molecule has 1 fully saturated rings. The van der Waals surface area contributed by atoms with Crippen LogP contribution < -0.4 is 9.88 Å². The summed E-state index contributed by atoms with van der Waals surface area (Å²) in [7, 11) is 2.08. The van der Waals surface area contributed by atoms with Crippen molar-refractivity contribution in [1.29, 1.82) is 0 Å². The molecule has 14 heavy (non-hydrogen) atoms. The second-order valence-electron chi connectivity index (χ2n) is 4.23. The second kappa shape index (κ2) is 4.89. The highest BCUT2D eigenvalue weighted by Gasteiger charge is 2.22. The number of nitrogens with zero attached hydrogens (tertiary/aromatic N) is 1. The van der Waals surface area contributed by atoms with Gasteiger partial charge in [0.05, 0.1) is 5.38 Å². The molecule has 0 amide bonds. The summed E-state index contributed by atoms with van der Waals surface area (Å²) in [4.78, 5) is 0. The molecule has 1 saturated carbocycles. The number of aromatic nitrogens is 1. The van der Waals surface area contributed by atoms with Crippen molar-refractivity contribution in [2.24, 2.45) is 5.92 Å². The van der Waals surface area contributed by atoms with Crippen LogP contribution in [-0.2, 0) is 6.54 Å². The van der Waals surface area contributed by atoms with E-state index in [1.165, 1.54) is 32.2 Å². The summed E-state index contributed by atoms with van der Waals surface area (Å²) in [5.41, 5.74) is 2.21. The predicted octanol–water partition coefficient (Wildman–Crippen LogP) is 1.81. The Morgan fingerprint density at radius 1 is 1.36 bits per heavy atom. The molecule has 1 aromatic rings. The maximum Gasteiger partial charge on any atom is 0.224 e. The fourth-order valence-electron chi connectivity index (χ4n) is 2.30. The molecule has 1 aliphatic rings. The van der Waals surface area contributed by atoms with Gasteiger partial charge in [0.25, 0.3) is 0 Å². The molecule has 2 rings (SSSR count). The average molecular weight is 211 g/mol. The lowest BCUT2D eigenvalue weighted by molar-refractivity contribution is -0.699. The van der Waals surface area contributed by atoms with Crippen LogP contribution >= 0.6 is 11.3 Å². The molecule has 0 spiro atoms. The maximum absolute atomic E-state index is 3.38.